The van der Waals surface area contributed by atoms with Crippen LogP contribution in [0.3, 0.4) is 0 Å². The van der Waals surface area contributed by atoms with Crippen molar-refractivity contribution in [3.63, 3.8) is 0 Å². The first-order valence-electron chi connectivity index (χ1n) is 4.42. The number of hydrogen-bond acceptors (Lipinski definition) is 4. The Balaban J connectivity index is 1.83. The van der Waals surface area contributed by atoms with Crippen LogP contribution in [-0.4, -0.2) is 43.8 Å². The molecular formula is C8H13N3O2. The summed E-state index contributed by atoms with van der Waals surface area (Å²) in [5.41, 5.74) is 4.12. The largest absolute Gasteiger partial charge is 0.379 e. The van der Waals surface area contributed by atoms with E-state index < -0.39 is 0 Å². The number of rotatable bonds is 2. The minimum Gasteiger partial charge on any atom is -0.379 e. The van der Waals surface area contributed by atoms with Gasteiger partial charge >= 0.3 is 0 Å². The van der Waals surface area contributed by atoms with Crippen LogP contribution in [0.4, 0.5) is 0 Å². The lowest BCUT2D eigenvalue weighted by atomic mass is 10.4. The van der Waals surface area contributed by atoms with Gasteiger partial charge in [-0.2, -0.15) is 0 Å². The van der Waals surface area contributed by atoms with E-state index in [4.69, 9.17) is 4.74 Å². The summed E-state index contributed by atoms with van der Waals surface area (Å²) >= 11 is 0. The molecule has 72 valence electrons. The predicted molar refractivity (Wildman–Crippen MR) is 46.6 cm³/mol. The maximum atomic E-state index is 10.8. The van der Waals surface area contributed by atoms with Gasteiger partial charge in [-0.25, -0.2) is 5.01 Å². The summed E-state index contributed by atoms with van der Waals surface area (Å²) in [4.78, 5) is 10.8. The molecule has 0 radical (unpaired) electrons. The third kappa shape index (κ3) is 2.19. The highest BCUT2D eigenvalue weighted by Gasteiger charge is 2.15. The summed E-state index contributed by atoms with van der Waals surface area (Å²) < 4.78 is 5.20. The molecule has 0 aromatic rings. The Hall–Kier alpha value is -1.07. The molecule has 2 rings (SSSR count). The first-order chi connectivity index (χ1) is 6.34. The lowest BCUT2D eigenvalue weighted by Gasteiger charge is -2.28. The highest BCUT2D eigenvalue weighted by Crippen LogP contribution is 1.99. The van der Waals surface area contributed by atoms with Gasteiger partial charge in [-0.3, -0.25) is 4.79 Å². The number of nitrogens with one attached hydrogen (secondary N) is 2. The molecule has 0 atom stereocenters. The summed E-state index contributed by atoms with van der Waals surface area (Å²) in [6.07, 6.45) is 1.59. The summed E-state index contributed by atoms with van der Waals surface area (Å²) in [6, 6.07) is 0. The average molecular weight is 183 g/mol. The van der Waals surface area contributed by atoms with Crippen LogP contribution < -0.4 is 10.7 Å². The Labute approximate surface area is 76.7 Å². The molecule has 0 aliphatic carbocycles. The van der Waals surface area contributed by atoms with Crippen molar-refractivity contribution in [2.45, 2.75) is 0 Å². The van der Waals surface area contributed by atoms with Gasteiger partial charge in [0, 0.05) is 19.2 Å². The van der Waals surface area contributed by atoms with Crippen LogP contribution in [0.5, 0.6) is 0 Å². The van der Waals surface area contributed by atoms with Crippen LogP contribution in [0.2, 0.25) is 0 Å². The molecule has 2 aliphatic rings. The van der Waals surface area contributed by atoms with E-state index >= 15 is 0 Å². The normalized spacial score (nSPS) is 24.0. The predicted octanol–water partition coefficient (Wildman–Crippen LogP) is -1.16. The molecule has 2 aliphatic heterocycles. The minimum absolute atomic E-state index is 0.0178. The van der Waals surface area contributed by atoms with E-state index in [9.17, 15) is 4.79 Å². The van der Waals surface area contributed by atoms with Gasteiger partial charge in [0.15, 0.2) is 0 Å². The second kappa shape index (κ2) is 3.76. The monoisotopic (exact) mass is 183 g/mol. The molecule has 1 amide bonds. The fraction of sp³-hybridized carbons (Fsp3) is 0.625. The number of carbonyl (C=O) groups excluding carboxylic acids is 1. The van der Waals surface area contributed by atoms with E-state index in [0.717, 1.165) is 32.0 Å². The molecule has 0 unspecified atom stereocenters. The van der Waals surface area contributed by atoms with Gasteiger partial charge in [-0.15, -0.1) is 0 Å². The zero-order valence-corrected chi connectivity index (χ0v) is 7.38. The molecule has 5 heteroatoms. The van der Waals surface area contributed by atoms with E-state index in [2.05, 4.69) is 15.8 Å². The van der Waals surface area contributed by atoms with E-state index in [1.165, 1.54) is 0 Å². The molecular weight excluding hydrogens is 170 g/mol. The Kier molecular flexibility index (Phi) is 2.47. The highest BCUT2D eigenvalue weighted by molar-refractivity contribution is 5.90. The molecule has 0 aromatic carbocycles. The van der Waals surface area contributed by atoms with Crippen LogP contribution in [-0.2, 0) is 9.53 Å². The number of hydrogen-bond donors (Lipinski definition) is 2. The van der Waals surface area contributed by atoms with Crippen LogP contribution in [0.1, 0.15) is 0 Å². The zero-order chi connectivity index (χ0) is 9.10. The first-order valence-corrected chi connectivity index (χ1v) is 4.42. The van der Waals surface area contributed by atoms with Crippen molar-refractivity contribution in [2.24, 2.45) is 0 Å². The van der Waals surface area contributed by atoms with Gasteiger partial charge in [0.2, 0.25) is 5.91 Å². The highest BCUT2D eigenvalue weighted by atomic mass is 16.5. The van der Waals surface area contributed by atoms with Crippen molar-refractivity contribution in [3.8, 4) is 0 Å². The Morgan fingerprint density at radius 2 is 2.23 bits per heavy atom. The van der Waals surface area contributed by atoms with Gasteiger partial charge in [0.25, 0.3) is 0 Å². The molecule has 0 saturated carbocycles. The number of morpholine rings is 1. The van der Waals surface area contributed by atoms with Crippen molar-refractivity contribution in [3.05, 3.63) is 11.8 Å². The molecule has 1 saturated heterocycles. The van der Waals surface area contributed by atoms with Crippen molar-refractivity contribution in [1.82, 2.24) is 15.8 Å². The topological polar surface area (TPSA) is 53.6 Å². The number of amides is 1. The molecule has 5 nitrogen and oxygen atoms in total. The lowest BCUT2D eigenvalue weighted by molar-refractivity contribution is -0.115. The maximum Gasteiger partial charge on any atom is 0.246 e. The molecule has 0 spiro atoms. The molecule has 0 bridgehead atoms. The standard InChI is InChI=1S/C8H13N3O2/c12-8-5-7(6-9-8)10-11-1-3-13-4-2-11/h5,10H,1-4,6H2,(H,9,12). The van der Waals surface area contributed by atoms with Gasteiger partial charge in [-0.05, 0) is 0 Å². The van der Waals surface area contributed by atoms with Gasteiger partial charge in [0.05, 0.1) is 25.5 Å². The molecule has 13 heavy (non-hydrogen) atoms. The van der Waals surface area contributed by atoms with E-state index in [-0.39, 0.29) is 5.91 Å². The van der Waals surface area contributed by atoms with Crippen LogP contribution in [0, 0.1) is 0 Å². The van der Waals surface area contributed by atoms with E-state index in [0.29, 0.717) is 6.54 Å². The summed E-state index contributed by atoms with van der Waals surface area (Å²) in [6.45, 7) is 3.84. The maximum absolute atomic E-state index is 10.8. The number of carbonyl (C=O) groups is 1. The SMILES string of the molecule is O=C1C=C(NN2CCOCC2)CN1. The number of hydrazine groups is 1. The lowest BCUT2D eigenvalue weighted by Crippen LogP contribution is -2.45. The third-order valence-electron chi connectivity index (χ3n) is 2.07. The van der Waals surface area contributed by atoms with E-state index in [1.54, 1.807) is 6.08 Å². The molecule has 2 N–H and O–H groups in total. The minimum atomic E-state index is -0.0178. The second-order valence-corrected chi connectivity index (χ2v) is 3.10. The first kappa shape index (κ1) is 8.52. The van der Waals surface area contributed by atoms with Gasteiger partial charge < -0.3 is 15.5 Å². The van der Waals surface area contributed by atoms with Crippen LogP contribution in [0.15, 0.2) is 11.8 Å². The second-order valence-electron chi connectivity index (χ2n) is 3.10. The Morgan fingerprint density at radius 3 is 2.85 bits per heavy atom. The molecule has 1 fully saturated rings. The Bertz CT molecular complexity index is 234. The van der Waals surface area contributed by atoms with Crippen LogP contribution >= 0.6 is 0 Å². The molecule has 0 aromatic heterocycles. The fourth-order valence-electron chi connectivity index (χ4n) is 1.39. The van der Waals surface area contributed by atoms with Crippen molar-refractivity contribution in [1.29, 1.82) is 0 Å². The van der Waals surface area contributed by atoms with Crippen LogP contribution in [0.25, 0.3) is 0 Å². The number of nitrogens with zero attached hydrogens (tertiary/aromatic N) is 1. The fourth-order valence-corrected chi connectivity index (χ4v) is 1.39. The van der Waals surface area contributed by atoms with E-state index in [1.807, 2.05) is 0 Å². The smallest absolute Gasteiger partial charge is 0.246 e. The van der Waals surface area contributed by atoms with Crippen molar-refractivity contribution in [2.75, 3.05) is 32.8 Å². The quantitative estimate of drug-likeness (QED) is 0.567. The third-order valence-corrected chi connectivity index (χ3v) is 2.07. The van der Waals surface area contributed by atoms with Gasteiger partial charge in [-0.1, -0.05) is 0 Å². The summed E-state index contributed by atoms with van der Waals surface area (Å²) in [5.74, 6) is -0.0178. The van der Waals surface area contributed by atoms with Crippen molar-refractivity contribution < 1.29 is 9.53 Å². The molecule has 2 heterocycles. The zero-order valence-electron chi connectivity index (χ0n) is 7.38. The summed E-state index contributed by atoms with van der Waals surface area (Å²) in [7, 11) is 0. The summed E-state index contributed by atoms with van der Waals surface area (Å²) in [5, 5.41) is 4.77. The Morgan fingerprint density at radius 1 is 1.46 bits per heavy atom. The number of ether oxygens (including phenoxy) is 1. The average Bonchev–Trinajstić information content (AvgIpc) is 2.53. The van der Waals surface area contributed by atoms with Crippen molar-refractivity contribution >= 4 is 5.91 Å². The van der Waals surface area contributed by atoms with Gasteiger partial charge in [0.1, 0.15) is 0 Å².